The molecule has 0 saturated heterocycles. The highest BCUT2D eigenvalue weighted by atomic mass is 15.2. The number of hydrogen-bond acceptors (Lipinski definition) is 3. The van der Waals surface area contributed by atoms with Gasteiger partial charge in [0.25, 0.3) is 0 Å². The van der Waals surface area contributed by atoms with Crippen LogP contribution in [-0.4, -0.2) is 19.0 Å². The van der Waals surface area contributed by atoms with Crippen LogP contribution in [0.5, 0.6) is 0 Å². The van der Waals surface area contributed by atoms with E-state index in [0.29, 0.717) is 5.92 Å². The monoisotopic (exact) mass is 217 g/mol. The summed E-state index contributed by atoms with van der Waals surface area (Å²) < 4.78 is 0. The van der Waals surface area contributed by atoms with Crippen LogP contribution in [-0.2, 0) is 0 Å². The van der Waals surface area contributed by atoms with Gasteiger partial charge in [0.05, 0.1) is 0 Å². The number of rotatable bonds is 2. The molecular formula is C13H19N3. The predicted octanol–water partition coefficient (Wildman–Crippen LogP) is 2.57. The minimum Gasteiger partial charge on any atom is -0.356 e. The van der Waals surface area contributed by atoms with Gasteiger partial charge in [-0.15, -0.1) is 0 Å². The maximum atomic E-state index is 4.39. The average Bonchev–Trinajstić information content (AvgIpc) is 2.30. The third-order valence-corrected chi connectivity index (χ3v) is 2.71. The number of guanidine groups is 1. The fourth-order valence-electron chi connectivity index (χ4n) is 1.73. The van der Waals surface area contributed by atoms with Gasteiger partial charge in [-0.05, 0) is 30.0 Å². The first kappa shape index (κ1) is 11.0. The van der Waals surface area contributed by atoms with Crippen molar-refractivity contribution in [3.8, 4) is 0 Å². The molecule has 0 atom stereocenters. The van der Waals surface area contributed by atoms with Crippen molar-refractivity contribution in [2.45, 2.75) is 26.2 Å². The highest BCUT2D eigenvalue weighted by Crippen LogP contribution is 2.18. The van der Waals surface area contributed by atoms with Crippen LogP contribution in [0.2, 0.25) is 0 Å². The van der Waals surface area contributed by atoms with Crippen molar-refractivity contribution in [2.75, 3.05) is 18.4 Å². The van der Waals surface area contributed by atoms with Crippen molar-refractivity contribution in [3.63, 3.8) is 0 Å². The van der Waals surface area contributed by atoms with E-state index in [4.69, 9.17) is 0 Å². The molecule has 86 valence electrons. The SMILES string of the molecule is CC(C)c1cccc(NC2=NCCCN2)c1. The molecule has 0 saturated carbocycles. The smallest absolute Gasteiger partial charge is 0.195 e. The molecule has 16 heavy (non-hydrogen) atoms. The number of benzene rings is 1. The normalized spacial score (nSPS) is 15.6. The molecule has 1 aliphatic heterocycles. The van der Waals surface area contributed by atoms with Crippen LogP contribution >= 0.6 is 0 Å². The number of anilines is 1. The van der Waals surface area contributed by atoms with Crippen LogP contribution in [0.3, 0.4) is 0 Å². The maximum absolute atomic E-state index is 4.39. The summed E-state index contributed by atoms with van der Waals surface area (Å²) >= 11 is 0. The Bertz CT molecular complexity index is 383. The molecule has 1 heterocycles. The van der Waals surface area contributed by atoms with E-state index in [-0.39, 0.29) is 0 Å². The molecule has 0 radical (unpaired) electrons. The summed E-state index contributed by atoms with van der Waals surface area (Å²) in [5.41, 5.74) is 2.46. The fraction of sp³-hybridized carbons (Fsp3) is 0.462. The van der Waals surface area contributed by atoms with E-state index in [1.54, 1.807) is 0 Å². The molecule has 0 spiro atoms. The first-order valence-corrected chi connectivity index (χ1v) is 5.91. The largest absolute Gasteiger partial charge is 0.356 e. The van der Waals surface area contributed by atoms with Gasteiger partial charge in [0.2, 0.25) is 0 Å². The standard InChI is InChI=1S/C13H19N3/c1-10(2)11-5-3-6-12(9-11)16-13-14-7-4-8-15-13/h3,5-6,9-10H,4,7-8H2,1-2H3,(H2,14,15,16). The van der Waals surface area contributed by atoms with E-state index in [1.807, 2.05) is 0 Å². The Morgan fingerprint density at radius 3 is 2.94 bits per heavy atom. The maximum Gasteiger partial charge on any atom is 0.195 e. The second-order valence-corrected chi connectivity index (χ2v) is 4.42. The van der Waals surface area contributed by atoms with Crippen molar-refractivity contribution >= 4 is 11.6 Å². The molecule has 0 fully saturated rings. The molecule has 0 aromatic heterocycles. The summed E-state index contributed by atoms with van der Waals surface area (Å²) in [4.78, 5) is 4.39. The van der Waals surface area contributed by atoms with Gasteiger partial charge in [-0.3, -0.25) is 4.99 Å². The highest BCUT2D eigenvalue weighted by molar-refractivity contribution is 5.93. The van der Waals surface area contributed by atoms with Gasteiger partial charge >= 0.3 is 0 Å². The van der Waals surface area contributed by atoms with Gasteiger partial charge in [-0.1, -0.05) is 26.0 Å². The topological polar surface area (TPSA) is 36.4 Å². The second-order valence-electron chi connectivity index (χ2n) is 4.42. The van der Waals surface area contributed by atoms with Crippen molar-refractivity contribution in [2.24, 2.45) is 4.99 Å². The molecule has 0 bridgehead atoms. The zero-order chi connectivity index (χ0) is 11.4. The minimum absolute atomic E-state index is 0.558. The van der Waals surface area contributed by atoms with Gasteiger partial charge < -0.3 is 10.6 Å². The third-order valence-electron chi connectivity index (χ3n) is 2.71. The summed E-state index contributed by atoms with van der Waals surface area (Å²) in [5, 5.41) is 6.57. The minimum atomic E-state index is 0.558. The van der Waals surface area contributed by atoms with E-state index < -0.39 is 0 Å². The van der Waals surface area contributed by atoms with Crippen molar-refractivity contribution < 1.29 is 0 Å². The van der Waals surface area contributed by atoms with E-state index in [1.165, 1.54) is 5.56 Å². The lowest BCUT2D eigenvalue weighted by molar-refractivity contribution is 0.740. The van der Waals surface area contributed by atoms with Crippen LogP contribution in [0.1, 0.15) is 31.7 Å². The van der Waals surface area contributed by atoms with Gasteiger partial charge in [-0.25, -0.2) is 0 Å². The molecule has 1 aliphatic rings. The third kappa shape index (κ3) is 2.75. The molecule has 0 amide bonds. The molecular weight excluding hydrogens is 198 g/mol. The first-order valence-electron chi connectivity index (χ1n) is 5.91. The summed E-state index contributed by atoms with van der Waals surface area (Å²) in [6.45, 7) is 6.33. The fourth-order valence-corrected chi connectivity index (χ4v) is 1.73. The Balaban J connectivity index is 2.09. The van der Waals surface area contributed by atoms with Crippen molar-refractivity contribution in [1.82, 2.24) is 5.32 Å². The Labute approximate surface area is 97.0 Å². The van der Waals surface area contributed by atoms with Gasteiger partial charge in [0.15, 0.2) is 5.96 Å². The first-order chi connectivity index (χ1) is 7.75. The lowest BCUT2D eigenvalue weighted by Crippen LogP contribution is -2.35. The summed E-state index contributed by atoms with van der Waals surface area (Å²) in [6, 6.07) is 8.50. The summed E-state index contributed by atoms with van der Waals surface area (Å²) in [7, 11) is 0. The number of hydrogen-bond donors (Lipinski definition) is 2. The predicted molar refractivity (Wildman–Crippen MR) is 69.1 cm³/mol. The van der Waals surface area contributed by atoms with Crippen LogP contribution in [0, 0.1) is 0 Å². The lowest BCUT2D eigenvalue weighted by Gasteiger charge is -2.16. The zero-order valence-electron chi connectivity index (χ0n) is 9.96. The Kier molecular flexibility index (Phi) is 3.44. The molecule has 0 unspecified atom stereocenters. The van der Waals surface area contributed by atoms with Crippen LogP contribution < -0.4 is 10.6 Å². The molecule has 3 nitrogen and oxygen atoms in total. The molecule has 1 aromatic rings. The van der Waals surface area contributed by atoms with Crippen LogP contribution in [0.15, 0.2) is 29.3 Å². The quantitative estimate of drug-likeness (QED) is 0.798. The summed E-state index contributed by atoms with van der Waals surface area (Å²) in [6.07, 6.45) is 1.12. The Morgan fingerprint density at radius 2 is 2.25 bits per heavy atom. The number of aliphatic imine (C=N–C) groups is 1. The Morgan fingerprint density at radius 1 is 1.38 bits per heavy atom. The molecule has 2 rings (SSSR count). The number of nitrogens with one attached hydrogen (secondary N) is 2. The second kappa shape index (κ2) is 5.01. The Hall–Kier alpha value is -1.51. The highest BCUT2D eigenvalue weighted by Gasteiger charge is 2.05. The van der Waals surface area contributed by atoms with E-state index in [9.17, 15) is 0 Å². The van der Waals surface area contributed by atoms with E-state index in [2.05, 4.69) is 53.7 Å². The molecule has 1 aromatic carbocycles. The lowest BCUT2D eigenvalue weighted by atomic mass is 10.0. The van der Waals surface area contributed by atoms with Crippen LogP contribution in [0.4, 0.5) is 5.69 Å². The van der Waals surface area contributed by atoms with E-state index >= 15 is 0 Å². The molecule has 3 heteroatoms. The average molecular weight is 217 g/mol. The van der Waals surface area contributed by atoms with Crippen molar-refractivity contribution in [3.05, 3.63) is 29.8 Å². The molecule has 0 aliphatic carbocycles. The summed E-state index contributed by atoms with van der Waals surface area (Å²) in [5.74, 6) is 1.45. The van der Waals surface area contributed by atoms with Gasteiger partial charge in [0, 0.05) is 18.8 Å². The zero-order valence-corrected chi connectivity index (χ0v) is 9.96. The molecule has 2 N–H and O–H groups in total. The van der Waals surface area contributed by atoms with Gasteiger partial charge in [-0.2, -0.15) is 0 Å². The van der Waals surface area contributed by atoms with Gasteiger partial charge in [0.1, 0.15) is 0 Å². The number of nitrogens with zero attached hydrogens (tertiary/aromatic N) is 1. The van der Waals surface area contributed by atoms with Crippen LogP contribution in [0.25, 0.3) is 0 Å². The van der Waals surface area contributed by atoms with E-state index in [0.717, 1.165) is 31.2 Å². The van der Waals surface area contributed by atoms with Crippen molar-refractivity contribution in [1.29, 1.82) is 0 Å².